The summed E-state index contributed by atoms with van der Waals surface area (Å²) in [5.41, 5.74) is 3.72. The van der Waals surface area contributed by atoms with Crippen LogP contribution >= 0.6 is 0 Å². The van der Waals surface area contributed by atoms with Gasteiger partial charge in [-0.15, -0.1) is 0 Å². The van der Waals surface area contributed by atoms with Crippen molar-refractivity contribution in [2.45, 2.75) is 25.3 Å². The first-order valence-corrected chi connectivity index (χ1v) is 9.53. The highest BCUT2D eigenvalue weighted by Gasteiger charge is 2.35. The van der Waals surface area contributed by atoms with Crippen molar-refractivity contribution < 1.29 is 19.4 Å². The van der Waals surface area contributed by atoms with Gasteiger partial charge < -0.3 is 9.84 Å². The van der Waals surface area contributed by atoms with E-state index in [2.05, 4.69) is 15.1 Å². The van der Waals surface area contributed by atoms with Gasteiger partial charge in [-0.25, -0.2) is 5.01 Å². The summed E-state index contributed by atoms with van der Waals surface area (Å²) >= 11 is 0. The summed E-state index contributed by atoms with van der Waals surface area (Å²) in [4.78, 5) is 32.7. The number of rotatable bonds is 6. The molecule has 8 nitrogen and oxygen atoms in total. The molecule has 30 heavy (non-hydrogen) atoms. The maximum absolute atomic E-state index is 12.9. The lowest BCUT2D eigenvalue weighted by atomic mass is 9.96. The Labute approximate surface area is 172 Å². The third-order valence-electron chi connectivity index (χ3n) is 5.03. The van der Waals surface area contributed by atoms with Crippen LogP contribution in [0.2, 0.25) is 0 Å². The fraction of sp³-hybridized carbons (Fsp3) is 0.227. The fourth-order valence-electron chi connectivity index (χ4n) is 3.64. The second-order valence-corrected chi connectivity index (χ2v) is 6.87. The SMILES string of the molecule is COc1ccccc1C1=NN(C(=O)CCC(=O)O)[C@@H](c2cccc3nccnc23)C1. The molecule has 0 saturated carbocycles. The molecule has 0 fully saturated rings. The molecule has 0 radical (unpaired) electrons. The Morgan fingerprint density at radius 1 is 1.10 bits per heavy atom. The maximum atomic E-state index is 12.9. The van der Waals surface area contributed by atoms with E-state index in [0.717, 1.165) is 16.6 Å². The topological polar surface area (TPSA) is 105 Å². The van der Waals surface area contributed by atoms with E-state index in [1.807, 2.05) is 42.5 Å². The zero-order valence-electron chi connectivity index (χ0n) is 16.4. The second-order valence-electron chi connectivity index (χ2n) is 6.87. The van der Waals surface area contributed by atoms with E-state index in [0.29, 0.717) is 23.4 Å². The normalized spacial score (nSPS) is 15.8. The standard InChI is InChI=1S/C22H20N4O4/c1-30-19-8-3-2-5-14(19)17-13-18(26(25-17)20(27)9-10-21(28)29)15-6-4-7-16-22(15)24-12-11-23-16/h2-8,11-12,18H,9-10,13H2,1H3,(H,28,29)/t18-/m1/s1. The van der Waals surface area contributed by atoms with Crippen LogP contribution in [-0.2, 0) is 9.59 Å². The van der Waals surface area contributed by atoms with Crippen molar-refractivity contribution in [1.82, 2.24) is 15.0 Å². The molecule has 2 aromatic carbocycles. The molecule has 1 aliphatic heterocycles. The molecule has 0 spiro atoms. The molecule has 2 heterocycles. The third kappa shape index (κ3) is 3.71. The average molecular weight is 404 g/mol. The van der Waals surface area contributed by atoms with Crippen LogP contribution in [0.3, 0.4) is 0 Å². The molecule has 0 saturated heterocycles. The van der Waals surface area contributed by atoms with Gasteiger partial charge in [-0.05, 0) is 18.2 Å². The fourth-order valence-corrected chi connectivity index (χ4v) is 3.64. The number of ether oxygens (including phenoxy) is 1. The molecule has 1 N–H and O–H groups in total. The first kappa shape index (κ1) is 19.5. The Morgan fingerprint density at radius 2 is 1.90 bits per heavy atom. The molecule has 152 valence electrons. The van der Waals surface area contributed by atoms with E-state index >= 15 is 0 Å². The molecule has 0 aliphatic carbocycles. The predicted octanol–water partition coefficient (Wildman–Crippen LogP) is 3.18. The van der Waals surface area contributed by atoms with Gasteiger partial charge in [0.1, 0.15) is 5.75 Å². The summed E-state index contributed by atoms with van der Waals surface area (Å²) < 4.78 is 5.46. The number of methoxy groups -OCH3 is 1. The summed E-state index contributed by atoms with van der Waals surface area (Å²) in [5.74, 6) is -0.718. The summed E-state index contributed by atoms with van der Waals surface area (Å²) in [6.07, 6.45) is 3.30. The largest absolute Gasteiger partial charge is 0.496 e. The van der Waals surface area contributed by atoms with Crippen molar-refractivity contribution in [2.75, 3.05) is 7.11 Å². The Hall–Kier alpha value is -3.81. The molecule has 4 rings (SSSR count). The van der Waals surface area contributed by atoms with Gasteiger partial charge in [0.2, 0.25) is 5.91 Å². The highest BCUT2D eigenvalue weighted by Crippen LogP contribution is 2.37. The zero-order chi connectivity index (χ0) is 21.1. The van der Waals surface area contributed by atoms with Gasteiger partial charge in [0, 0.05) is 36.4 Å². The number of aliphatic carboxylic acids is 1. The van der Waals surface area contributed by atoms with Crippen molar-refractivity contribution >= 4 is 28.6 Å². The van der Waals surface area contributed by atoms with Gasteiger partial charge in [-0.2, -0.15) is 5.10 Å². The lowest BCUT2D eigenvalue weighted by Gasteiger charge is -2.22. The minimum absolute atomic E-state index is 0.134. The molecular formula is C22H20N4O4. The highest BCUT2D eigenvalue weighted by molar-refractivity contribution is 6.05. The van der Waals surface area contributed by atoms with E-state index in [-0.39, 0.29) is 18.7 Å². The number of amides is 1. The smallest absolute Gasteiger partial charge is 0.303 e. The monoisotopic (exact) mass is 404 g/mol. The number of hydrogen-bond donors (Lipinski definition) is 1. The lowest BCUT2D eigenvalue weighted by molar-refractivity contribution is -0.141. The first-order valence-electron chi connectivity index (χ1n) is 9.53. The Kier molecular flexibility index (Phi) is 5.38. The van der Waals surface area contributed by atoms with Crippen LogP contribution in [0.25, 0.3) is 11.0 Å². The number of carbonyl (C=O) groups excluding carboxylic acids is 1. The summed E-state index contributed by atoms with van der Waals surface area (Å²) in [6, 6.07) is 12.7. The molecule has 0 bridgehead atoms. The van der Waals surface area contributed by atoms with Gasteiger partial charge in [0.15, 0.2) is 0 Å². The van der Waals surface area contributed by atoms with Crippen LogP contribution in [-0.4, -0.2) is 44.8 Å². The van der Waals surface area contributed by atoms with E-state index in [1.165, 1.54) is 5.01 Å². The Balaban J connectivity index is 1.77. The van der Waals surface area contributed by atoms with E-state index < -0.39 is 12.0 Å². The lowest BCUT2D eigenvalue weighted by Crippen LogP contribution is -2.27. The van der Waals surface area contributed by atoms with Crippen molar-refractivity contribution in [2.24, 2.45) is 5.10 Å². The van der Waals surface area contributed by atoms with Gasteiger partial charge in [0.05, 0.1) is 36.3 Å². The van der Waals surface area contributed by atoms with Crippen LogP contribution in [0.5, 0.6) is 5.75 Å². The number of carbonyl (C=O) groups is 2. The van der Waals surface area contributed by atoms with Crippen LogP contribution in [0, 0.1) is 0 Å². The molecule has 1 amide bonds. The minimum Gasteiger partial charge on any atom is -0.496 e. The molecule has 0 unspecified atom stereocenters. The predicted molar refractivity (Wildman–Crippen MR) is 110 cm³/mol. The van der Waals surface area contributed by atoms with Gasteiger partial charge in [-0.1, -0.05) is 24.3 Å². The van der Waals surface area contributed by atoms with Crippen LogP contribution in [0.4, 0.5) is 0 Å². The van der Waals surface area contributed by atoms with Gasteiger partial charge in [0.25, 0.3) is 0 Å². The first-order chi connectivity index (χ1) is 14.6. The van der Waals surface area contributed by atoms with Gasteiger partial charge in [-0.3, -0.25) is 19.6 Å². The van der Waals surface area contributed by atoms with E-state index in [4.69, 9.17) is 9.84 Å². The van der Waals surface area contributed by atoms with Crippen molar-refractivity contribution in [3.05, 3.63) is 66.0 Å². The minimum atomic E-state index is -1.02. The molecule has 1 aromatic heterocycles. The number of hydrazone groups is 1. The number of fused-ring (bicyclic) bond motifs is 1. The molecule has 8 heteroatoms. The number of aromatic nitrogens is 2. The molecule has 1 aliphatic rings. The number of carboxylic acids is 1. The van der Waals surface area contributed by atoms with Crippen molar-refractivity contribution in [3.8, 4) is 5.75 Å². The zero-order valence-corrected chi connectivity index (χ0v) is 16.4. The number of hydrogen-bond acceptors (Lipinski definition) is 6. The number of para-hydroxylation sites is 2. The van der Waals surface area contributed by atoms with Crippen molar-refractivity contribution in [3.63, 3.8) is 0 Å². The summed E-state index contributed by atoms with van der Waals surface area (Å²) in [5, 5.41) is 15.0. The highest BCUT2D eigenvalue weighted by atomic mass is 16.5. The summed E-state index contributed by atoms with van der Waals surface area (Å²) in [7, 11) is 1.59. The molecule has 3 aromatic rings. The van der Waals surface area contributed by atoms with Crippen LogP contribution in [0.15, 0.2) is 60.0 Å². The number of carboxylic acid groups (broad SMARTS) is 1. The van der Waals surface area contributed by atoms with Crippen molar-refractivity contribution in [1.29, 1.82) is 0 Å². The Morgan fingerprint density at radius 3 is 2.70 bits per heavy atom. The quantitative estimate of drug-likeness (QED) is 0.677. The Bertz CT molecular complexity index is 1140. The molecular weight excluding hydrogens is 384 g/mol. The van der Waals surface area contributed by atoms with E-state index in [1.54, 1.807) is 19.5 Å². The maximum Gasteiger partial charge on any atom is 0.303 e. The van der Waals surface area contributed by atoms with E-state index in [9.17, 15) is 9.59 Å². The van der Waals surface area contributed by atoms with Crippen LogP contribution < -0.4 is 4.74 Å². The van der Waals surface area contributed by atoms with Gasteiger partial charge >= 0.3 is 5.97 Å². The number of nitrogens with zero attached hydrogens (tertiary/aromatic N) is 4. The molecule has 1 atom stereocenters. The number of benzene rings is 2. The average Bonchev–Trinajstić information content (AvgIpc) is 3.22. The third-order valence-corrected chi connectivity index (χ3v) is 5.03. The second kappa shape index (κ2) is 8.28. The van der Waals surface area contributed by atoms with Crippen LogP contribution in [0.1, 0.15) is 36.4 Å². The summed E-state index contributed by atoms with van der Waals surface area (Å²) in [6.45, 7) is 0.